The van der Waals surface area contributed by atoms with Crippen LogP contribution in [-0.2, 0) is 6.54 Å². The zero-order valence-corrected chi connectivity index (χ0v) is 16.2. The van der Waals surface area contributed by atoms with Gasteiger partial charge in [0.15, 0.2) is 0 Å². The number of esters is 1. The summed E-state index contributed by atoms with van der Waals surface area (Å²) >= 11 is 0. The van der Waals surface area contributed by atoms with E-state index in [0.29, 0.717) is 23.8 Å². The van der Waals surface area contributed by atoms with Crippen LogP contribution >= 0.6 is 0 Å². The molecule has 1 heterocycles. The Bertz CT molecular complexity index is 739. The van der Waals surface area contributed by atoms with Crippen LogP contribution < -0.4 is 4.74 Å². The van der Waals surface area contributed by atoms with Crippen molar-refractivity contribution in [1.82, 2.24) is 4.90 Å². The zero-order valence-electron chi connectivity index (χ0n) is 16.2. The van der Waals surface area contributed by atoms with E-state index in [0.717, 1.165) is 18.7 Å². The molecule has 0 aromatic heterocycles. The lowest BCUT2D eigenvalue weighted by Gasteiger charge is -2.33. The highest BCUT2D eigenvalue weighted by molar-refractivity contribution is 5.91. The summed E-state index contributed by atoms with van der Waals surface area (Å²) in [5, 5.41) is 9.83. The Hall–Kier alpha value is -2.17. The lowest BCUT2D eigenvalue weighted by Crippen LogP contribution is -2.36. The fraction of sp³-hybridized carbons (Fsp3) is 0.435. The number of rotatable bonds is 6. The summed E-state index contributed by atoms with van der Waals surface area (Å²) < 4.78 is 5.44. The second-order valence-corrected chi connectivity index (χ2v) is 7.39. The lowest BCUT2D eigenvalue weighted by atomic mass is 10.0. The van der Waals surface area contributed by atoms with Gasteiger partial charge in [0.1, 0.15) is 5.75 Å². The zero-order chi connectivity index (χ0) is 19.2. The molecule has 27 heavy (non-hydrogen) atoms. The Morgan fingerprint density at radius 3 is 2.48 bits per heavy atom. The molecule has 4 heteroatoms. The van der Waals surface area contributed by atoms with Crippen molar-refractivity contribution in [1.29, 1.82) is 0 Å². The van der Waals surface area contributed by atoms with Crippen molar-refractivity contribution >= 4 is 5.97 Å². The van der Waals surface area contributed by atoms with Crippen molar-refractivity contribution < 1.29 is 14.6 Å². The maximum Gasteiger partial charge on any atom is 0.343 e. The molecular formula is C23H29NO3. The number of benzene rings is 2. The van der Waals surface area contributed by atoms with Gasteiger partial charge in [-0.05, 0) is 68.1 Å². The molecule has 0 radical (unpaired) electrons. The molecule has 2 aromatic carbocycles. The van der Waals surface area contributed by atoms with Crippen LogP contribution in [0.3, 0.4) is 0 Å². The monoisotopic (exact) mass is 367 g/mol. The topological polar surface area (TPSA) is 49.8 Å². The molecule has 0 amide bonds. The molecule has 1 aliphatic heterocycles. The van der Waals surface area contributed by atoms with Gasteiger partial charge in [-0.25, -0.2) is 4.79 Å². The molecule has 144 valence electrons. The van der Waals surface area contributed by atoms with Crippen LogP contribution in [0.15, 0.2) is 48.5 Å². The Labute approximate surface area is 161 Å². The molecule has 0 spiro atoms. The second kappa shape index (κ2) is 9.16. The summed E-state index contributed by atoms with van der Waals surface area (Å²) in [6, 6.07) is 15.3. The highest BCUT2D eigenvalue weighted by atomic mass is 16.5. The van der Waals surface area contributed by atoms with Gasteiger partial charge in [-0.3, -0.25) is 4.90 Å². The van der Waals surface area contributed by atoms with Crippen LogP contribution in [0.25, 0.3) is 0 Å². The molecule has 2 atom stereocenters. The van der Waals surface area contributed by atoms with E-state index in [1.165, 1.54) is 24.8 Å². The molecule has 0 bridgehead atoms. The summed E-state index contributed by atoms with van der Waals surface area (Å²) in [6.45, 7) is 6.29. The predicted molar refractivity (Wildman–Crippen MR) is 107 cm³/mol. The summed E-state index contributed by atoms with van der Waals surface area (Å²) in [6.07, 6.45) is 4.02. The van der Waals surface area contributed by atoms with E-state index in [-0.39, 0.29) is 5.97 Å². The smallest absolute Gasteiger partial charge is 0.343 e. The van der Waals surface area contributed by atoms with Crippen molar-refractivity contribution in [3.05, 3.63) is 65.2 Å². The molecule has 1 saturated heterocycles. The van der Waals surface area contributed by atoms with E-state index >= 15 is 0 Å². The standard InChI is InChI=1S/C23H29NO3/c1-3-22(25)19-11-13-21(14-12-19)27-23(26)20-9-7-18(8-10-20)16-24-15-5-4-6-17(24)2/h7-14,17,22,25H,3-6,15-16H2,1-2H3. The van der Waals surface area contributed by atoms with E-state index in [2.05, 4.69) is 11.8 Å². The van der Waals surface area contributed by atoms with Gasteiger partial charge in [0.2, 0.25) is 0 Å². The number of hydrogen-bond donors (Lipinski definition) is 1. The molecule has 2 unspecified atom stereocenters. The van der Waals surface area contributed by atoms with Gasteiger partial charge < -0.3 is 9.84 Å². The minimum absolute atomic E-state index is 0.364. The molecule has 0 saturated carbocycles. The van der Waals surface area contributed by atoms with Crippen molar-refractivity contribution in [2.45, 2.75) is 58.2 Å². The second-order valence-electron chi connectivity index (χ2n) is 7.39. The molecule has 1 N–H and O–H groups in total. The number of carbonyl (C=O) groups excluding carboxylic acids is 1. The molecule has 3 rings (SSSR count). The van der Waals surface area contributed by atoms with E-state index in [1.807, 2.05) is 31.2 Å². The first-order valence-electron chi connectivity index (χ1n) is 9.90. The highest BCUT2D eigenvalue weighted by Crippen LogP contribution is 2.22. The Kier molecular flexibility index (Phi) is 6.64. The van der Waals surface area contributed by atoms with Gasteiger partial charge in [-0.1, -0.05) is 37.6 Å². The largest absolute Gasteiger partial charge is 0.423 e. The van der Waals surface area contributed by atoms with Crippen LogP contribution in [0.1, 0.15) is 67.1 Å². The van der Waals surface area contributed by atoms with Crippen LogP contribution in [0.2, 0.25) is 0 Å². The average molecular weight is 367 g/mol. The van der Waals surface area contributed by atoms with Gasteiger partial charge in [-0.15, -0.1) is 0 Å². The Morgan fingerprint density at radius 2 is 1.85 bits per heavy atom. The number of piperidine rings is 1. The molecular weight excluding hydrogens is 338 g/mol. The quantitative estimate of drug-likeness (QED) is 0.593. The normalized spacial score (nSPS) is 18.9. The van der Waals surface area contributed by atoms with E-state index in [4.69, 9.17) is 4.74 Å². The van der Waals surface area contributed by atoms with Gasteiger partial charge >= 0.3 is 5.97 Å². The van der Waals surface area contributed by atoms with Gasteiger partial charge in [-0.2, -0.15) is 0 Å². The maximum absolute atomic E-state index is 12.4. The Balaban J connectivity index is 1.58. The summed E-state index contributed by atoms with van der Waals surface area (Å²) in [5.41, 5.74) is 2.59. The fourth-order valence-electron chi connectivity index (χ4n) is 3.53. The number of aliphatic hydroxyl groups excluding tert-OH is 1. The van der Waals surface area contributed by atoms with Crippen molar-refractivity contribution in [2.75, 3.05) is 6.54 Å². The molecule has 2 aromatic rings. The van der Waals surface area contributed by atoms with Crippen molar-refractivity contribution in [3.8, 4) is 5.75 Å². The maximum atomic E-state index is 12.4. The SMILES string of the molecule is CCC(O)c1ccc(OC(=O)c2ccc(CN3CCCCC3C)cc2)cc1. The van der Waals surface area contributed by atoms with E-state index in [1.54, 1.807) is 24.3 Å². The fourth-order valence-corrected chi connectivity index (χ4v) is 3.53. The molecule has 4 nitrogen and oxygen atoms in total. The van der Waals surface area contributed by atoms with Crippen LogP contribution in [0.4, 0.5) is 0 Å². The number of likely N-dealkylation sites (tertiary alicyclic amines) is 1. The number of carbonyl (C=O) groups is 1. The van der Waals surface area contributed by atoms with Crippen molar-refractivity contribution in [3.63, 3.8) is 0 Å². The highest BCUT2D eigenvalue weighted by Gasteiger charge is 2.18. The molecule has 0 aliphatic carbocycles. The minimum atomic E-state index is -0.482. The predicted octanol–water partition coefficient (Wildman–Crippen LogP) is 4.72. The van der Waals surface area contributed by atoms with Crippen molar-refractivity contribution in [2.24, 2.45) is 0 Å². The number of ether oxygens (including phenoxy) is 1. The van der Waals surface area contributed by atoms with Crippen LogP contribution in [0, 0.1) is 0 Å². The number of hydrogen-bond acceptors (Lipinski definition) is 4. The molecule has 1 fully saturated rings. The third kappa shape index (κ3) is 5.18. The van der Waals surface area contributed by atoms with Crippen LogP contribution in [-0.4, -0.2) is 28.6 Å². The summed E-state index contributed by atoms with van der Waals surface area (Å²) in [7, 11) is 0. The first kappa shape index (κ1) is 19.6. The van der Waals surface area contributed by atoms with E-state index in [9.17, 15) is 9.90 Å². The van der Waals surface area contributed by atoms with Gasteiger partial charge in [0.05, 0.1) is 11.7 Å². The third-order valence-corrected chi connectivity index (χ3v) is 5.38. The molecule has 1 aliphatic rings. The van der Waals surface area contributed by atoms with Gasteiger partial charge in [0.25, 0.3) is 0 Å². The third-order valence-electron chi connectivity index (χ3n) is 5.38. The minimum Gasteiger partial charge on any atom is -0.423 e. The first-order valence-corrected chi connectivity index (χ1v) is 9.90. The summed E-state index contributed by atoms with van der Waals surface area (Å²) in [5.74, 6) is 0.120. The average Bonchev–Trinajstić information content (AvgIpc) is 2.70. The Morgan fingerprint density at radius 1 is 1.15 bits per heavy atom. The number of nitrogens with zero attached hydrogens (tertiary/aromatic N) is 1. The lowest BCUT2D eigenvalue weighted by molar-refractivity contribution is 0.0734. The van der Waals surface area contributed by atoms with Gasteiger partial charge in [0, 0.05) is 12.6 Å². The first-order chi connectivity index (χ1) is 13.1. The number of aliphatic hydroxyl groups is 1. The summed E-state index contributed by atoms with van der Waals surface area (Å²) in [4.78, 5) is 14.9. The van der Waals surface area contributed by atoms with E-state index < -0.39 is 6.10 Å². The van der Waals surface area contributed by atoms with Crippen LogP contribution in [0.5, 0.6) is 5.75 Å².